The molecule has 0 radical (unpaired) electrons. The lowest BCUT2D eigenvalue weighted by Crippen LogP contribution is -2.16. The largest absolute Gasteiger partial charge is 0.343 e. The zero-order valence-corrected chi connectivity index (χ0v) is 11.6. The first-order valence-corrected chi connectivity index (χ1v) is 6.72. The van der Waals surface area contributed by atoms with E-state index in [9.17, 15) is 9.59 Å². The summed E-state index contributed by atoms with van der Waals surface area (Å²) in [6.07, 6.45) is 0. The molecule has 19 heavy (non-hydrogen) atoms. The lowest BCUT2D eigenvalue weighted by atomic mass is 10.3. The number of aromatic amines is 1. The van der Waals surface area contributed by atoms with E-state index in [2.05, 4.69) is 15.5 Å². The average Bonchev–Trinajstić information content (AvgIpc) is 2.68. The highest BCUT2D eigenvalue weighted by atomic mass is 35.5. The number of hydrogen-bond acceptors (Lipinski definition) is 4. The van der Waals surface area contributed by atoms with Crippen LogP contribution in [0.4, 0.5) is 5.69 Å². The number of aromatic nitrogens is 3. The van der Waals surface area contributed by atoms with Crippen molar-refractivity contribution in [1.29, 1.82) is 0 Å². The summed E-state index contributed by atoms with van der Waals surface area (Å²) >= 11 is 6.99. The van der Waals surface area contributed by atoms with Crippen molar-refractivity contribution in [2.75, 3.05) is 11.1 Å². The second-order valence-corrected chi connectivity index (χ2v) is 5.10. The summed E-state index contributed by atoms with van der Waals surface area (Å²) < 4.78 is 1.34. The summed E-state index contributed by atoms with van der Waals surface area (Å²) in [4.78, 5) is 22.8. The van der Waals surface area contributed by atoms with E-state index in [0.29, 0.717) is 15.9 Å². The number of nitrogens with one attached hydrogen (secondary N) is 2. The molecule has 0 aliphatic rings. The minimum atomic E-state index is -0.308. The molecule has 8 heteroatoms. The van der Waals surface area contributed by atoms with Crippen LogP contribution in [0, 0.1) is 0 Å². The molecular formula is C11H11ClN4O2S. The van der Waals surface area contributed by atoms with Crippen molar-refractivity contribution in [3.8, 4) is 0 Å². The van der Waals surface area contributed by atoms with E-state index < -0.39 is 0 Å². The summed E-state index contributed by atoms with van der Waals surface area (Å²) in [5.74, 6) is -0.0345. The highest BCUT2D eigenvalue weighted by Gasteiger charge is 2.08. The summed E-state index contributed by atoms with van der Waals surface area (Å²) in [5, 5.41) is 9.83. The van der Waals surface area contributed by atoms with Crippen LogP contribution in [0.5, 0.6) is 0 Å². The summed E-state index contributed by atoms with van der Waals surface area (Å²) in [6, 6.07) is 6.89. The van der Waals surface area contributed by atoms with Gasteiger partial charge in [0.15, 0.2) is 5.16 Å². The van der Waals surface area contributed by atoms with Crippen molar-refractivity contribution in [2.24, 2.45) is 7.05 Å². The van der Waals surface area contributed by atoms with Gasteiger partial charge in [0.05, 0.1) is 5.75 Å². The quantitative estimate of drug-likeness (QED) is 0.838. The maximum absolute atomic E-state index is 11.7. The molecule has 1 aromatic heterocycles. The van der Waals surface area contributed by atoms with E-state index in [-0.39, 0.29) is 17.3 Å². The van der Waals surface area contributed by atoms with Gasteiger partial charge in [-0.1, -0.05) is 29.4 Å². The number of nitrogens with zero attached hydrogens (tertiary/aromatic N) is 2. The number of amides is 1. The van der Waals surface area contributed by atoms with Gasteiger partial charge in [0.25, 0.3) is 0 Å². The van der Waals surface area contributed by atoms with Gasteiger partial charge in [0.1, 0.15) is 0 Å². The first kappa shape index (κ1) is 13.7. The number of carbonyl (C=O) groups excluding carboxylic acids is 1. The van der Waals surface area contributed by atoms with E-state index in [0.717, 1.165) is 0 Å². The van der Waals surface area contributed by atoms with Crippen LogP contribution in [0.25, 0.3) is 0 Å². The Kier molecular flexibility index (Phi) is 4.28. The van der Waals surface area contributed by atoms with Gasteiger partial charge in [-0.05, 0) is 18.2 Å². The van der Waals surface area contributed by atoms with E-state index in [4.69, 9.17) is 11.6 Å². The molecule has 0 aliphatic carbocycles. The Morgan fingerprint density at radius 2 is 2.37 bits per heavy atom. The minimum absolute atomic E-state index is 0.157. The molecule has 0 atom stereocenters. The number of hydrogen-bond donors (Lipinski definition) is 2. The van der Waals surface area contributed by atoms with Gasteiger partial charge in [0, 0.05) is 17.8 Å². The zero-order valence-electron chi connectivity index (χ0n) is 10.0. The van der Waals surface area contributed by atoms with Gasteiger partial charge < -0.3 is 5.32 Å². The molecule has 0 spiro atoms. The van der Waals surface area contributed by atoms with Crippen LogP contribution in [0.1, 0.15) is 0 Å². The van der Waals surface area contributed by atoms with Crippen LogP contribution < -0.4 is 11.0 Å². The van der Waals surface area contributed by atoms with E-state index in [1.807, 2.05) is 0 Å². The van der Waals surface area contributed by atoms with Crippen LogP contribution >= 0.6 is 23.4 Å². The molecule has 1 heterocycles. The number of rotatable bonds is 4. The minimum Gasteiger partial charge on any atom is -0.325 e. The Morgan fingerprint density at radius 3 is 3.00 bits per heavy atom. The summed E-state index contributed by atoms with van der Waals surface area (Å²) in [6.45, 7) is 0. The lowest BCUT2D eigenvalue weighted by molar-refractivity contribution is -0.113. The standard InChI is InChI=1S/C11H11ClN4O2S/c1-16-10(18)14-15-11(16)19-6-9(17)13-8-4-2-3-7(12)5-8/h2-5H,6H2,1H3,(H,13,17)(H,14,18). The summed E-state index contributed by atoms with van der Waals surface area (Å²) in [5.41, 5.74) is 0.326. The molecular weight excluding hydrogens is 288 g/mol. The highest BCUT2D eigenvalue weighted by molar-refractivity contribution is 7.99. The molecule has 0 unspecified atom stereocenters. The normalized spacial score (nSPS) is 10.4. The van der Waals surface area contributed by atoms with E-state index in [1.165, 1.54) is 16.3 Å². The molecule has 1 amide bonds. The molecule has 2 aromatic rings. The molecule has 1 aromatic carbocycles. The number of benzene rings is 1. The van der Waals surface area contributed by atoms with Crippen molar-refractivity contribution in [3.63, 3.8) is 0 Å². The molecule has 100 valence electrons. The van der Waals surface area contributed by atoms with Crippen LogP contribution in [0.15, 0.2) is 34.2 Å². The Balaban J connectivity index is 1.92. The first-order chi connectivity index (χ1) is 9.06. The number of halogens is 1. The number of anilines is 1. The third kappa shape index (κ3) is 3.62. The van der Waals surface area contributed by atoms with Gasteiger partial charge in [-0.2, -0.15) is 0 Å². The molecule has 0 bridgehead atoms. The maximum atomic E-state index is 11.7. The van der Waals surface area contributed by atoms with Crippen molar-refractivity contribution in [1.82, 2.24) is 14.8 Å². The molecule has 0 saturated heterocycles. The third-order valence-corrected chi connectivity index (χ3v) is 3.54. The number of thioether (sulfide) groups is 1. The van der Waals surface area contributed by atoms with E-state index >= 15 is 0 Å². The SMILES string of the molecule is Cn1c(SCC(=O)Nc2cccc(Cl)c2)n[nH]c1=O. The maximum Gasteiger partial charge on any atom is 0.343 e. The topological polar surface area (TPSA) is 79.8 Å². The number of carbonyl (C=O) groups is 1. The van der Waals surface area contributed by atoms with Crippen molar-refractivity contribution in [2.45, 2.75) is 5.16 Å². The van der Waals surface area contributed by atoms with Crippen molar-refractivity contribution < 1.29 is 4.79 Å². The Labute approximate surface area is 118 Å². The van der Waals surface area contributed by atoms with Gasteiger partial charge >= 0.3 is 5.69 Å². The molecule has 2 rings (SSSR count). The van der Waals surface area contributed by atoms with Crippen LogP contribution in [-0.2, 0) is 11.8 Å². The fourth-order valence-electron chi connectivity index (χ4n) is 1.36. The fraction of sp³-hybridized carbons (Fsp3) is 0.182. The van der Waals surface area contributed by atoms with Crippen LogP contribution in [0.3, 0.4) is 0 Å². The average molecular weight is 299 g/mol. The fourth-order valence-corrected chi connectivity index (χ4v) is 2.26. The highest BCUT2D eigenvalue weighted by Crippen LogP contribution is 2.16. The zero-order chi connectivity index (χ0) is 13.8. The molecule has 0 saturated carbocycles. The van der Waals surface area contributed by atoms with Gasteiger partial charge in [-0.3, -0.25) is 9.36 Å². The first-order valence-electron chi connectivity index (χ1n) is 5.36. The summed E-state index contributed by atoms with van der Waals surface area (Å²) in [7, 11) is 1.59. The molecule has 6 nitrogen and oxygen atoms in total. The van der Waals surface area contributed by atoms with Crippen LogP contribution in [0.2, 0.25) is 5.02 Å². The van der Waals surface area contributed by atoms with Gasteiger partial charge in [-0.15, -0.1) is 5.10 Å². The van der Waals surface area contributed by atoms with Gasteiger partial charge in [-0.25, -0.2) is 9.89 Å². The molecule has 0 fully saturated rings. The second kappa shape index (κ2) is 5.94. The second-order valence-electron chi connectivity index (χ2n) is 3.72. The van der Waals surface area contributed by atoms with Crippen molar-refractivity contribution in [3.05, 3.63) is 39.8 Å². The Hall–Kier alpha value is -1.73. The lowest BCUT2D eigenvalue weighted by Gasteiger charge is -2.04. The third-order valence-electron chi connectivity index (χ3n) is 2.28. The van der Waals surface area contributed by atoms with Crippen molar-refractivity contribution >= 4 is 35.0 Å². The predicted octanol–water partition coefficient (Wildman–Crippen LogP) is 1.49. The van der Waals surface area contributed by atoms with E-state index in [1.54, 1.807) is 31.3 Å². The smallest absolute Gasteiger partial charge is 0.325 e. The Bertz CT molecular complexity index is 652. The monoisotopic (exact) mass is 298 g/mol. The number of H-pyrrole nitrogens is 1. The Morgan fingerprint density at radius 1 is 1.58 bits per heavy atom. The van der Waals surface area contributed by atoms with Crippen LogP contribution in [-0.4, -0.2) is 26.4 Å². The van der Waals surface area contributed by atoms with Gasteiger partial charge in [0.2, 0.25) is 5.91 Å². The molecule has 0 aliphatic heterocycles. The predicted molar refractivity (Wildman–Crippen MR) is 74.6 cm³/mol. The molecule has 2 N–H and O–H groups in total.